The number of hydrogen-bond acceptors (Lipinski definition) is 5. The van der Waals surface area contributed by atoms with E-state index in [1.807, 2.05) is 48.5 Å². The van der Waals surface area contributed by atoms with Crippen LogP contribution in [0, 0.1) is 10.1 Å². The van der Waals surface area contributed by atoms with Crippen molar-refractivity contribution in [2.45, 2.75) is 23.6 Å². The van der Waals surface area contributed by atoms with Gasteiger partial charge in [0.2, 0.25) is 0 Å². The molecule has 0 aliphatic heterocycles. The number of hydrogen-bond donors (Lipinski definition) is 1. The smallest absolute Gasteiger partial charge is 0.269 e. The maximum atomic E-state index is 11.2. The Balaban J connectivity index is 1.63. The third kappa shape index (κ3) is 6.34. The number of methoxy groups -OCH3 is 1. The maximum absolute atomic E-state index is 11.2. The highest BCUT2D eigenvalue weighted by Gasteiger charge is 2.11. The van der Waals surface area contributed by atoms with E-state index in [0.29, 0.717) is 6.54 Å². The number of thioether (sulfide) groups is 1. The Hall–Kier alpha value is -2.83. The molecule has 0 aromatic heterocycles. The van der Waals surface area contributed by atoms with Gasteiger partial charge in [-0.2, -0.15) is 0 Å². The van der Waals surface area contributed by atoms with Gasteiger partial charge in [0, 0.05) is 29.3 Å². The van der Waals surface area contributed by atoms with Crippen LogP contribution in [-0.4, -0.2) is 18.6 Å². The molecule has 5 nitrogen and oxygen atoms in total. The predicted octanol–water partition coefficient (Wildman–Crippen LogP) is 5.23. The van der Waals surface area contributed by atoms with Crippen LogP contribution < -0.4 is 10.1 Å². The normalized spacial score (nSPS) is 10.7. The summed E-state index contributed by atoms with van der Waals surface area (Å²) in [6.45, 7) is 1.41. The summed E-state index contributed by atoms with van der Waals surface area (Å²) in [6, 6.07) is 23.3. The number of nitrogens with one attached hydrogen (secondary N) is 1. The van der Waals surface area contributed by atoms with E-state index in [1.54, 1.807) is 31.0 Å². The van der Waals surface area contributed by atoms with E-state index in [2.05, 4.69) is 17.4 Å². The molecule has 29 heavy (non-hydrogen) atoms. The highest BCUT2D eigenvalue weighted by Crippen LogP contribution is 2.30. The summed E-state index contributed by atoms with van der Waals surface area (Å²) in [4.78, 5) is 11.9. The highest BCUT2D eigenvalue weighted by atomic mass is 32.2. The van der Waals surface area contributed by atoms with Crippen LogP contribution in [0.25, 0.3) is 0 Å². The van der Waals surface area contributed by atoms with Crippen molar-refractivity contribution in [3.8, 4) is 5.75 Å². The zero-order valence-electron chi connectivity index (χ0n) is 16.3. The molecule has 150 valence electrons. The summed E-state index contributed by atoms with van der Waals surface area (Å²) >= 11 is 1.69. The van der Waals surface area contributed by atoms with Crippen molar-refractivity contribution in [2.75, 3.05) is 13.7 Å². The molecule has 0 radical (unpaired) electrons. The van der Waals surface area contributed by atoms with E-state index in [1.165, 1.54) is 11.1 Å². The molecule has 0 amide bonds. The molecule has 3 aromatic rings. The van der Waals surface area contributed by atoms with Crippen molar-refractivity contribution in [3.63, 3.8) is 0 Å². The van der Waals surface area contributed by atoms with Crippen molar-refractivity contribution >= 4 is 17.4 Å². The largest absolute Gasteiger partial charge is 0.497 e. The highest BCUT2D eigenvalue weighted by molar-refractivity contribution is 7.98. The van der Waals surface area contributed by atoms with Gasteiger partial charge in [0.25, 0.3) is 5.69 Å². The number of benzene rings is 3. The Morgan fingerprint density at radius 3 is 2.45 bits per heavy atom. The van der Waals surface area contributed by atoms with Gasteiger partial charge < -0.3 is 10.1 Å². The van der Waals surface area contributed by atoms with Crippen LogP contribution in [0.5, 0.6) is 5.75 Å². The van der Waals surface area contributed by atoms with Crippen LogP contribution in [0.3, 0.4) is 0 Å². The molecule has 0 saturated carbocycles. The summed E-state index contributed by atoms with van der Waals surface area (Å²) in [5.74, 6) is 1.62. The van der Waals surface area contributed by atoms with E-state index in [9.17, 15) is 10.1 Å². The summed E-state index contributed by atoms with van der Waals surface area (Å²) in [7, 11) is 1.65. The number of rotatable bonds is 10. The van der Waals surface area contributed by atoms with Gasteiger partial charge in [0.1, 0.15) is 5.75 Å². The van der Waals surface area contributed by atoms with Gasteiger partial charge in [0.05, 0.1) is 12.0 Å². The van der Waals surface area contributed by atoms with Gasteiger partial charge in [-0.25, -0.2) is 0 Å². The Labute approximate surface area is 175 Å². The Kier molecular flexibility index (Phi) is 7.67. The van der Waals surface area contributed by atoms with E-state index in [0.717, 1.165) is 34.9 Å². The molecule has 0 fully saturated rings. The first-order valence-electron chi connectivity index (χ1n) is 9.43. The first-order chi connectivity index (χ1) is 14.2. The van der Waals surface area contributed by atoms with E-state index >= 15 is 0 Å². The molecule has 0 aliphatic rings. The lowest BCUT2D eigenvalue weighted by Gasteiger charge is -2.11. The molecule has 0 atom stereocenters. The number of nitro benzene ring substituents is 1. The molecule has 0 aliphatic carbocycles. The zero-order chi connectivity index (χ0) is 20.5. The molecule has 0 bridgehead atoms. The van der Waals surface area contributed by atoms with Crippen LogP contribution in [0.4, 0.5) is 5.69 Å². The predicted molar refractivity (Wildman–Crippen MR) is 118 cm³/mol. The van der Waals surface area contributed by atoms with Crippen LogP contribution in [0.1, 0.15) is 16.7 Å². The summed E-state index contributed by atoms with van der Waals surface area (Å²) in [6.07, 6.45) is 0.921. The quantitative estimate of drug-likeness (QED) is 0.215. The lowest BCUT2D eigenvalue weighted by atomic mass is 10.1. The fourth-order valence-electron chi connectivity index (χ4n) is 2.94. The van der Waals surface area contributed by atoms with Crippen molar-refractivity contribution in [1.82, 2.24) is 5.32 Å². The molecule has 3 aromatic carbocycles. The topological polar surface area (TPSA) is 64.4 Å². The molecule has 0 heterocycles. The summed E-state index contributed by atoms with van der Waals surface area (Å²) in [5, 5.41) is 14.6. The second-order valence-corrected chi connectivity index (χ2v) is 7.62. The molecular formula is C23H24N2O3S. The number of nitrogens with zero attached hydrogens (tertiary/aromatic N) is 1. The molecular weight excluding hydrogens is 384 g/mol. The van der Waals surface area contributed by atoms with Crippen LogP contribution in [-0.2, 0) is 18.7 Å². The van der Waals surface area contributed by atoms with E-state index in [-0.39, 0.29) is 10.6 Å². The lowest BCUT2D eigenvalue weighted by Crippen LogP contribution is -2.17. The maximum Gasteiger partial charge on any atom is 0.269 e. The zero-order valence-corrected chi connectivity index (χ0v) is 17.2. The summed E-state index contributed by atoms with van der Waals surface area (Å²) < 4.78 is 5.19. The van der Waals surface area contributed by atoms with E-state index < -0.39 is 0 Å². The van der Waals surface area contributed by atoms with E-state index in [4.69, 9.17) is 4.74 Å². The van der Waals surface area contributed by atoms with Gasteiger partial charge in [-0.15, -0.1) is 11.8 Å². The van der Waals surface area contributed by atoms with Crippen molar-refractivity contribution in [1.29, 1.82) is 0 Å². The first-order valence-corrected chi connectivity index (χ1v) is 10.4. The monoisotopic (exact) mass is 408 g/mol. The molecule has 0 unspecified atom stereocenters. The Bertz CT molecular complexity index is 931. The van der Waals surface area contributed by atoms with Gasteiger partial charge in [-0.05, 0) is 47.9 Å². The van der Waals surface area contributed by atoms with Crippen LogP contribution in [0.2, 0.25) is 0 Å². The standard InChI is InChI=1S/C23H24N2O3S/c1-28-22-10-7-19(8-11-22)17-29-23-12-9-21(25(26)27)15-20(23)16-24-14-13-18-5-3-2-4-6-18/h2-12,15,24H,13-14,16-17H2,1H3. The number of nitro groups is 1. The fraction of sp³-hybridized carbons (Fsp3) is 0.217. The minimum absolute atomic E-state index is 0.124. The van der Waals surface area contributed by atoms with Gasteiger partial charge in [0.15, 0.2) is 0 Å². The molecule has 1 N–H and O–H groups in total. The van der Waals surface area contributed by atoms with Gasteiger partial charge >= 0.3 is 0 Å². The molecule has 0 spiro atoms. The Morgan fingerprint density at radius 2 is 1.76 bits per heavy atom. The number of ether oxygens (including phenoxy) is 1. The SMILES string of the molecule is COc1ccc(CSc2ccc([N+](=O)[O-])cc2CNCCc2ccccc2)cc1. The van der Waals surface area contributed by atoms with Crippen molar-refractivity contribution in [2.24, 2.45) is 0 Å². The first kappa shape index (κ1) is 20.9. The average Bonchev–Trinajstić information content (AvgIpc) is 2.76. The van der Waals surface area contributed by atoms with Crippen LogP contribution >= 0.6 is 11.8 Å². The third-order valence-corrected chi connectivity index (χ3v) is 5.74. The second kappa shape index (κ2) is 10.6. The Morgan fingerprint density at radius 1 is 1.00 bits per heavy atom. The summed E-state index contributed by atoms with van der Waals surface area (Å²) in [5.41, 5.74) is 3.52. The molecule has 6 heteroatoms. The number of non-ortho nitro benzene ring substituents is 1. The average molecular weight is 409 g/mol. The second-order valence-electron chi connectivity index (χ2n) is 6.60. The van der Waals surface area contributed by atoms with Crippen molar-refractivity contribution in [3.05, 3.63) is 99.6 Å². The van der Waals surface area contributed by atoms with Crippen LogP contribution in [0.15, 0.2) is 77.7 Å². The third-order valence-electron chi connectivity index (χ3n) is 4.56. The van der Waals surface area contributed by atoms with Gasteiger partial charge in [-0.3, -0.25) is 10.1 Å². The van der Waals surface area contributed by atoms with Crippen molar-refractivity contribution < 1.29 is 9.66 Å². The molecule has 3 rings (SSSR count). The fourth-order valence-corrected chi connectivity index (χ4v) is 3.94. The minimum atomic E-state index is -0.342. The lowest BCUT2D eigenvalue weighted by molar-refractivity contribution is -0.385. The molecule has 0 saturated heterocycles. The van der Waals surface area contributed by atoms with Gasteiger partial charge in [-0.1, -0.05) is 42.5 Å². The minimum Gasteiger partial charge on any atom is -0.497 e.